The third-order valence-corrected chi connectivity index (χ3v) is 7.08. The number of halogens is 2. The van der Waals surface area contributed by atoms with Gasteiger partial charge in [0.1, 0.15) is 5.82 Å². The van der Waals surface area contributed by atoms with Gasteiger partial charge in [-0.25, -0.2) is 4.39 Å². The summed E-state index contributed by atoms with van der Waals surface area (Å²) < 4.78 is 19.9. The van der Waals surface area contributed by atoms with Gasteiger partial charge in [-0.05, 0) is 55.9 Å². The van der Waals surface area contributed by atoms with E-state index in [1.165, 1.54) is 6.07 Å². The maximum atomic E-state index is 14.6. The van der Waals surface area contributed by atoms with E-state index in [0.29, 0.717) is 37.9 Å². The number of ether oxygens (including phenoxy) is 1. The molecular formula is C25H33ClFN3O2. The number of nitrogens with zero attached hydrogens (tertiary/aromatic N) is 2. The molecule has 2 atom stereocenters. The number of morpholine rings is 1. The molecule has 5 nitrogen and oxygen atoms in total. The predicted octanol–water partition coefficient (Wildman–Crippen LogP) is 4.79. The molecule has 32 heavy (non-hydrogen) atoms. The fourth-order valence-electron chi connectivity index (χ4n) is 4.77. The van der Waals surface area contributed by atoms with Gasteiger partial charge in [0.15, 0.2) is 0 Å². The summed E-state index contributed by atoms with van der Waals surface area (Å²) in [5.74, 6) is 0.472. The van der Waals surface area contributed by atoms with Gasteiger partial charge in [-0.15, -0.1) is 0 Å². The highest BCUT2D eigenvalue weighted by Gasteiger charge is 2.29. The molecule has 2 heterocycles. The first-order valence-electron chi connectivity index (χ1n) is 11.7. The van der Waals surface area contributed by atoms with E-state index in [1.807, 2.05) is 24.0 Å². The van der Waals surface area contributed by atoms with Crippen molar-refractivity contribution in [2.45, 2.75) is 39.2 Å². The molecule has 1 aliphatic carbocycles. The molecule has 1 amide bonds. The van der Waals surface area contributed by atoms with E-state index in [9.17, 15) is 9.18 Å². The lowest BCUT2D eigenvalue weighted by molar-refractivity contribution is -0.140. The number of piperidine rings is 1. The van der Waals surface area contributed by atoms with Gasteiger partial charge in [-0.2, -0.15) is 0 Å². The summed E-state index contributed by atoms with van der Waals surface area (Å²) in [6.45, 7) is 8.37. The fourth-order valence-corrected chi connectivity index (χ4v) is 5.22. The SMILES string of the molecule is CC1C=C(Cl)C(C(C)Nc2cc(N3CCC(C(=O)N4CCOCC4)CC3)ccc2F)=CC1. The van der Waals surface area contributed by atoms with E-state index in [-0.39, 0.29) is 23.7 Å². The number of carbonyl (C=O) groups is 1. The zero-order valence-electron chi connectivity index (χ0n) is 18.9. The Balaban J connectivity index is 1.38. The molecule has 3 aliphatic rings. The standard InChI is InChI=1S/C25H33ClFN3O2/c1-17-3-5-21(22(26)15-17)18(2)28-24-16-20(4-6-23(24)27)29-9-7-19(8-10-29)25(31)30-11-13-32-14-12-30/h4-6,15-19,28H,3,7-14H2,1-2H3. The van der Waals surface area contributed by atoms with E-state index in [0.717, 1.165) is 48.6 Å². The Bertz CT molecular complexity index is 889. The van der Waals surface area contributed by atoms with Crippen molar-refractivity contribution in [1.29, 1.82) is 0 Å². The summed E-state index contributed by atoms with van der Waals surface area (Å²) in [5.41, 5.74) is 2.47. The highest BCUT2D eigenvalue weighted by atomic mass is 35.5. The molecule has 2 fully saturated rings. The van der Waals surface area contributed by atoms with Gasteiger partial charge in [-0.3, -0.25) is 4.79 Å². The fraction of sp³-hybridized carbons (Fsp3) is 0.560. The Kier molecular flexibility index (Phi) is 7.41. The molecule has 4 rings (SSSR count). The Morgan fingerprint density at radius 3 is 2.62 bits per heavy atom. The number of rotatable bonds is 5. The number of benzene rings is 1. The molecule has 0 spiro atoms. The Hall–Kier alpha value is -2.05. The number of nitrogens with one attached hydrogen (secondary N) is 1. The first-order chi connectivity index (χ1) is 15.4. The van der Waals surface area contributed by atoms with Crippen molar-refractivity contribution in [2.75, 3.05) is 49.6 Å². The van der Waals surface area contributed by atoms with Crippen molar-refractivity contribution < 1.29 is 13.9 Å². The van der Waals surface area contributed by atoms with Crippen LogP contribution in [-0.4, -0.2) is 56.2 Å². The average Bonchev–Trinajstić information content (AvgIpc) is 2.80. The molecule has 0 aromatic heterocycles. The van der Waals surface area contributed by atoms with Crippen LogP contribution in [0.2, 0.25) is 0 Å². The molecule has 2 saturated heterocycles. The van der Waals surface area contributed by atoms with Crippen LogP contribution in [0.1, 0.15) is 33.1 Å². The number of hydrogen-bond acceptors (Lipinski definition) is 4. The number of hydrogen-bond donors (Lipinski definition) is 1. The van der Waals surface area contributed by atoms with Gasteiger partial charge in [0.2, 0.25) is 5.91 Å². The Morgan fingerprint density at radius 1 is 1.22 bits per heavy atom. The van der Waals surface area contributed by atoms with Crippen LogP contribution in [-0.2, 0) is 9.53 Å². The largest absolute Gasteiger partial charge is 0.378 e. The maximum Gasteiger partial charge on any atom is 0.225 e. The molecule has 174 valence electrons. The minimum Gasteiger partial charge on any atom is -0.378 e. The van der Waals surface area contributed by atoms with Gasteiger partial charge in [0.25, 0.3) is 0 Å². The number of allylic oxidation sites excluding steroid dienone is 2. The number of amides is 1. The minimum atomic E-state index is -0.275. The molecular weight excluding hydrogens is 429 g/mol. The lowest BCUT2D eigenvalue weighted by Gasteiger charge is -2.36. The minimum absolute atomic E-state index is 0.0666. The summed E-state index contributed by atoms with van der Waals surface area (Å²) in [4.78, 5) is 17.0. The van der Waals surface area contributed by atoms with Gasteiger partial charge in [-0.1, -0.05) is 30.7 Å². The van der Waals surface area contributed by atoms with Crippen LogP contribution in [0.5, 0.6) is 0 Å². The van der Waals surface area contributed by atoms with E-state index >= 15 is 0 Å². The van der Waals surface area contributed by atoms with Gasteiger partial charge < -0.3 is 19.9 Å². The van der Waals surface area contributed by atoms with Crippen molar-refractivity contribution in [3.63, 3.8) is 0 Å². The Labute approximate surface area is 195 Å². The Morgan fingerprint density at radius 2 is 1.94 bits per heavy atom. The lowest BCUT2D eigenvalue weighted by Crippen LogP contribution is -2.46. The topological polar surface area (TPSA) is 44.8 Å². The van der Waals surface area contributed by atoms with Gasteiger partial charge >= 0.3 is 0 Å². The third kappa shape index (κ3) is 5.29. The van der Waals surface area contributed by atoms with Gasteiger partial charge in [0, 0.05) is 48.9 Å². The van der Waals surface area contributed by atoms with E-state index in [1.54, 1.807) is 0 Å². The first kappa shape index (κ1) is 23.1. The van der Waals surface area contributed by atoms with Crippen molar-refractivity contribution >= 4 is 28.9 Å². The molecule has 2 aliphatic heterocycles. The number of carbonyl (C=O) groups excluding carboxylic acids is 1. The normalized spacial score (nSPS) is 23.4. The zero-order chi connectivity index (χ0) is 22.7. The molecule has 1 aromatic rings. The molecule has 7 heteroatoms. The molecule has 0 saturated carbocycles. The smallest absolute Gasteiger partial charge is 0.225 e. The quantitative estimate of drug-likeness (QED) is 0.684. The zero-order valence-corrected chi connectivity index (χ0v) is 19.7. The van der Waals surface area contributed by atoms with Crippen molar-refractivity contribution in [1.82, 2.24) is 4.90 Å². The van der Waals surface area contributed by atoms with Crippen LogP contribution in [0.4, 0.5) is 15.8 Å². The highest BCUT2D eigenvalue weighted by Crippen LogP contribution is 2.32. The second-order valence-electron chi connectivity index (χ2n) is 9.12. The monoisotopic (exact) mass is 461 g/mol. The average molecular weight is 462 g/mol. The summed E-state index contributed by atoms with van der Waals surface area (Å²) in [5, 5.41) is 4.05. The van der Waals surface area contributed by atoms with Crippen molar-refractivity contribution in [3.05, 3.63) is 46.8 Å². The summed E-state index contributed by atoms with van der Waals surface area (Å²) in [6.07, 6.45) is 6.78. The highest BCUT2D eigenvalue weighted by molar-refractivity contribution is 6.32. The molecule has 0 bridgehead atoms. The van der Waals surface area contributed by atoms with Crippen LogP contribution in [0.15, 0.2) is 41.0 Å². The van der Waals surface area contributed by atoms with Crippen LogP contribution in [0, 0.1) is 17.7 Å². The van der Waals surface area contributed by atoms with Crippen LogP contribution in [0.3, 0.4) is 0 Å². The lowest BCUT2D eigenvalue weighted by atomic mass is 9.94. The van der Waals surface area contributed by atoms with E-state index in [4.69, 9.17) is 16.3 Å². The molecule has 2 unspecified atom stereocenters. The third-order valence-electron chi connectivity index (χ3n) is 6.74. The summed E-state index contributed by atoms with van der Waals surface area (Å²) in [7, 11) is 0. The maximum absolute atomic E-state index is 14.6. The van der Waals surface area contributed by atoms with Crippen LogP contribution in [0.25, 0.3) is 0 Å². The van der Waals surface area contributed by atoms with Crippen molar-refractivity contribution in [3.8, 4) is 0 Å². The van der Waals surface area contributed by atoms with Crippen molar-refractivity contribution in [2.24, 2.45) is 11.8 Å². The first-order valence-corrected chi connectivity index (χ1v) is 12.1. The van der Waals surface area contributed by atoms with E-state index in [2.05, 4.69) is 29.3 Å². The predicted molar refractivity (Wildman–Crippen MR) is 128 cm³/mol. The van der Waals surface area contributed by atoms with E-state index < -0.39 is 0 Å². The second-order valence-corrected chi connectivity index (χ2v) is 9.52. The van der Waals surface area contributed by atoms with Crippen LogP contribution < -0.4 is 10.2 Å². The number of anilines is 2. The summed E-state index contributed by atoms with van der Waals surface area (Å²) in [6, 6.07) is 5.13. The molecule has 1 aromatic carbocycles. The second kappa shape index (κ2) is 10.3. The molecule has 0 radical (unpaired) electrons. The molecule has 1 N–H and O–H groups in total. The van der Waals surface area contributed by atoms with Gasteiger partial charge in [0.05, 0.1) is 18.9 Å². The summed E-state index contributed by atoms with van der Waals surface area (Å²) >= 11 is 6.44. The van der Waals surface area contributed by atoms with Crippen LogP contribution >= 0.6 is 11.6 Å².